The van der Waals surface area contributed by atoms with E-state index in [0.717, 1.165) is 10.8 Å². The molecule has 0 aliphatic rings. The lowest BCUT2D eigenvalue weighted by atomic mass is 9.59. The molecule has 16 heteroatoms. The maximum absolute atomic E-state index is 9.73. The number of aromatic nitrogens is 4. The minimum Gasteiger partial charge on any atom is -0.310 e. The summed E-state index contributed by atoms with van der Waals surface area (Å²) in [5.41, 5.74) is 5.81. The maximum atomic E-state index is 9.73. The summed E-state index contributed by atoms with van der Waals surface area (Å²) >= 11 is 6.48. The van der Waals surface area contributed by atoms with Gasteiger partial charge in [0.2, 0.25) is 5.28 Å². The average molecular weight is 632 g/mol. The molecular weight excluding hydrogens is 622 g/mol. The second kappa shape index (κ2) is 12.6. The second-order valence-corrected chi connectivity index (χ2v) is 11.9. The van der Waals surface area contributed by atoms with Crippen LogP contribution < -0.4 is 54.6 Å². The van der Waals surface area contributed by atoms with Crippen molar-refractivity contribution in [3.8, 4) is 45.7 Å². The number of nitriles is 1. The van der Waals surface area contributed by atoms with Gasteiger partial charge in [-0.25, -0.2) is 4.98 Å². The van der Waals surface area contributed by atoms with Crippen LogP contribution in [-0.4, -0.2) is 98.0 Å². The zero-order valence-corrected chi connectivity index (χ0v) is 26.9. The first-order valence-electron chi connectivity index (χ1n) is 14.9. The van der Waals surface area contributed by atoms with Crippen LogP contribution in [0.3, 0.4) is 0 Å². The molecule has 7 aromatic rings. The summed E-state index contributed by atoms with van der Waals surface area (Å²) in [5, 5.41) is 11.1. The average Bonchev–Trinajstić information content (AvgIpc) is 3.44. The zero-order valence-electron chi connectivity index (χ0n) is 26.2. The maximum Gasteiger partial charge on any atom is 0.226 e. The fourth-order valence-corrected chi connectivity index (χ4v) is 6.29. The minimum absolute atomic E-state index is 0.0435. The van der Waals surface area contributed by atoms with Crippen LogP contribution in [0.4, 0.5) is 0 Å². The fraction of sp³-hybridized carbons (Fsp3) is 0. The molecule has 2 heterocycles. The molecule has 5 nitrogen and oxygen atoms in total. The Balaban J connectivity index is 1.42. The normalized spacial score (nSPS) is 11.3. The Morgan fingerprint density at radius 3 is 1.58 bits per heavy atom. The van der Waals surface area contributed by atoms with E-state index in [9.17, 15) is 5.26 Å². The smallest absolute Gasteiger partial charge is 0.226 e. The Morgan fingerprint density at radius 1 is 0.520 bits per heavy atom. The van der Waals surface area contributed by atoms with Gasteiger partial charge in [0.25, 0.3) is 0 Å². The molecular formula is C34H10B10ClN5. The standard InChI is InChI=1S/C34H10B10ClN5/c35-21-20(22(36)24(38)25(39)23(21)37)13-2-1-3-14(9-13)32-47-33(49-34(45)48-32)15-5-7-19-17(10-15)16-8-12(11-46)4-6-18(16)50(19)31-29(43)27(41)26(40)28(42)30(31)44/h1-10H. The summed E-state index contributed by atoms with van der Waals surface area (Å²) in [6, 6.07) is 20.1. The number of nitrogens with zero attached hydrogens (tertiary/aromatic N) is 5. The molecule has 7 rings (SSSR count). The molecule has 50 heavy (non-hydrogen) atoms. The van der Waals surface area contributed by atoms with Crippen molar-refractivity contribution in [2.24, 2.45) is 0 Å². The van der Waals surface area contributed by atoms with Crippen molar-refractivity contribution in [1.29, 1.82) is 5.26 Å². The van der Waals surface area contributed by atoms with E-state index in [1.165, 1.54) is 0 Å². The van der Waals surface area contributed by atoms with E-state index in [0.29, 0.717) is 44.5 Å². The molecule has 0 saturated carbocycles. The highest BCUT2D eigenvalue weighted by molar-refractivity contribution is 6.69. The van der Waals surface area contributed by atoms with Crippen LogP contribution in [0.1, 0.15) is 5.56 Å². The largest absolute Gasteiger partial charge is 0.310 e. The van der Waals surface area contributed by atoms with Crippen LogP contribution in [0.5, 0.6) is 0 Å². The van der Waals surface area contributed by atoms with Crippen molar-refractivity contribution in [2.75, 3.05) is 0 Å². The predicted molar refractivity (Wildman–Crippen MR) is 214 cm³/mol. The van der Waals surface area contributed by atoms with E-state index < -0.39 is 0 Å². The van der Waals surface area contributed by atoms with E-state index >= 15 is 0 Å². The molecule has 0 amide bonds. The Kier molecular flexibility index (Phi) is 8.51. The molecule has 0 N–H and O–H groups in total. The number of halogens is 1. The van der Waals surface area contributed by atoms with Crippen LogP contribution in [-0.2, 0) is 0 Å². The highest BCUT2D eigenvalue weighted by Gasteiger charge is 2.20. The minimum atomic E-state index is -0.0435. The third kappa shape index (κ3) is 5.28. The van der Waals surface area contributed by atoms with Gasteiger partial charge in [0.15, 0.2) is 11.6 Å². The van der Waals surface area contributed by atoms with Gasteiger partial charge < -0.3 is 4.57 Å². The van der Waals surface area contributed by atoms with Gasteiger partial charge in [-0.2, -0.15) is 15.2 Å². The van der Waals surface area contributed by atoms with Crippen LogP contribution >= 0.6 is 11.6 Å². The van der Waals surface area contributed by atoms with Crippen LogP contribution in [0.25, 0.3) is 61.4 Å². The SMILES string of the molecule is [B]c1c([B])c([B])c(-c2cccc(-c3nc(Cl)nc(-c4ccc5c(c4)c4cc(C#N)ccc4n5-c4c([B])c([B])c([B])c([B])c4[B])n3)c2)c([B])c1[B]. The first-order chi connectivity index (χ1) is 23.8. The van der Waals surface area contributed by atoms with E-state index in [2.05, 4.69) is 16.0 Å². The van der Waals surface area contributed by atoms with Gasteiger partial charge in [0.05, 0.1) is 22.7 Å². The monoisotopic (exact) mass is 633 g/mol. The van der Waals surface area contributed by atoms with Gasteiger partial charge in [-0.15, -0.1) is 32.8 Å². The predicted octanol–water partition coefficient (Wildman–Crippen LogP) is -3.57. The molecule has 0 atom stereocenters. The van der Waals surface area contributed by atoms with Gasteiger partial charge in [-0.05, 0) is 65.2 Å². The van der Waals surface area contributed by atoms with Crippen LogP contribution in [0.2, 0.25) is 5.28 Å². The van der Waals surface area contributed by atoms with Gasteiger partial charge in [-0.1, -0.05) is 40.1 Å². The second-order valence-electron chi connectivity index (χ2n) is 11.6. The highest BCUT2D eigenvalue weighted by Crippen LogP contribution is 2.35. The molecule has 0 bridgehead atoms. The molecule has 208 valence electrons. The van der Waals surface area contributed by atoms with Gasteiger partial charge in [0.1, 0.15) is 78.5 Å². The first-order valence-corrected chi connectivity index (χ1v) is 15.2. The lowest BCUT2D eigenvalue weighted by molar-refractivity contribution is 1.07. The summed E-state index contributed by atoms with van der Waals surface area (Å²) in [4.78, 5) is 13.6. The van der Waals surface area contributed by atoms with Crippen molar-refractivity contribution in [2.45, 2.75) is 0 Å². The van der Waals surface area contributed by atoms with E-state index in [1.54, 1.807) is 42.5 Å². The number of benzene rings is 5. The molecule has 0 saturated heterocycles. The quantitative estimate of drug-likeness (QED) is 0.189. The molecule has 0 aliphatic carbocycles. The summed E-state index contributed by atoms with van der Waals surface area (Å²) in [6.45, 7) is 0. The molecule has 2 aromatic heterocycles. The van der Waals surface area contributed by atoms with Crippen molar-refractivity contribution in [3.63, 3.8) is 0 Å². The van der Waals surface area contributed by atoms with Gasteiger partial charge in [0, 0.05) is 27.6 Å². The lowest BCUT2D eigenvalue weighted by Crippen LogP contribution is -2.56. The summed E-state index contributed by atoms with van der Waals surface area (Å²) in [5.74, 6) is 0.558. The number of rotatable bonds is 4. The summed E-state index contributed by atoms with van der Waals surface area (Å²) < 4.78 is 1.83. The fourth-order valence-electron chi connectivity index (χ4n) is 6.13. The van der Waals surface area contributed by atoms with Crippen molar-refractivity contribution < 1.29 is 0 Å². The molecule has 0 spiro atoms. The summed E-state index contributed by atoms with van der Waals surface area (Å²) in [7, 11) is 62.4. The Labute approximate surface area is 307 Å². The highest BCUT2D eigenvalue weighted by atomic mass is 35.5. The van der Waals surface area contributed by atoms with Gasteiger partial charge >= 0.3 is 0 Å². The van der Waals surface area contributed by atoms with E-state index in [4.69, 9.17) is 95.0 Å². The number of fused-ring (bicyclic) bond motifs is 3. The number of hydrogen-bond acceptors (Lipinski definition) is 4. The van der Waals surface area contributed by atoms with Crippen LogP contribution in [0.15, 0.2) is 60.7 Å². The molecule has 0 aliphatic heterocycles. The Hall–Kier alpha value is -4.66. The lowest BCUT2D eigenvalue weighted by Gasteiger charge is -2.23. The Bertz CT molecular complexity index is 2590. The van der Waals surface area contributed by atoms with Crippen molar-refractivity contribution >= 4 is 166 Å². The van der Waals surface area contributed by atoms with Crippen molar-refractivity contribution in [3.05, 3.63) is 71.5 Å². The number of hydrogen-bond donors (Lipinski definition) is 0. The molecule has 0 unspecified atom stereocenters. The zero-order chi connectivity index (χ0) is 35.8. The third-order valence-electron chi connectivity index (χ3n) is 8.76. The van der Waals surface area contributed by atoms with Gasteiger partial charge in [-0.3, -0.25) is 0 Å². The van der Waals surface area contributed by atoms with Crippen molar-refractivity contribution in [1.82, 2.24) is 19.5 Å². The Morgan fingerprint density at radius 2 is 1.00 bits per heavy atom. The third-order valence-corrected chi connectivity index (χ3v) is 8.93. The molecule has 20 radical (unpaired) electrons. The summed E-state index contributed by atoms with van der Waals surface area (Å²) in [6.07, 6.45) is 0. The van der Waals surface area contributed by atoms with E-state index in [1.807, 2.05) is 22.8 Å². The molecule has 5 aromatic carbocycles. The first kappa shape index (κ1) is 33.8. The molecule has 0 fully saturated rings. The van der Waals surface area contributed by atoms with E-state index in [-0.39, 0.29) is 71.6 Å². The van der Waals surface area contributed by atoms with Crippen LogP contribution in [0, 0.1) is 11.3 Å². The topological polar surface area (TPSA) is 67.4 Å².